The van der Waals surface area contributed by atoms with Gasteiger partial charge in [-0.1, -0.05) is 13.0 Å². The second kappa shape index (κ2) is 4.86. The van der Waals surface area contributed by atoms with E-state index in [4.69, 9.17) is 0 Å². The van der Waals surface area contributed by atoms with Gasteiger partial charge in [-0.25, -0.2) is 0 Å². The fourth-order valence-corrected chi connectivity index (χ4v) is 3.50. The zero-order chi connectivity index (χ0) is 15.2. The molecule has 1 aromatic rings. The molecule has 0 bridgehead atoms. The third-order valence-corrected chi connectivity index (χ3v) is 4.81. The van der Waals surface area contributed by atoms with Crippen molar-refractivity contribution in [1.82, 2.24) is 9.80 Å². The maximum atomic E-state index is 12.5. The standard InChI is InChI=1S/C17H22N2O2/c1-4-14-5-6-15(7-12(14)2)16(21)19-10-17(11-19)8-18(9-17)13(3)20/h5-7H,4,8-11H2,1-3H3. The molecule has 0 N–H and O–H groups in total. The van der Waals surface area contributed by atoms with Gasteiger partial charge in [-0.3, -0.25) is 9.59 Å². The van der Waals surface area contributed by atoms with Gasteiger partial charge in [0.25, 0.3) is 5.91 Å². The molecule has 0 aliphatic carbocycles. The van der Waals surface area contributed by atoms with Crippen molar-refractivity contribution >= 4 is 11.8 Å². The van der Waals surface area contributed by atoms with Crippen LogP contribution in [0.25, 0.3) is 0 Å². The van der Waals surface area contributed by atoms with E-state index in [0.29, 0.717) is 0 Å². The fourth-order valence-electron chi connectivity index (χ4n) is 3.50. The zero-order valence-electron chi connectivity index (χ0n) is 13.0. The average molecular weight is 286 g/mol. The van der Waals surface area contributed by atoms with Crippen molar-refractivity contribution in [3.63, 3.8) is 0 Å². The maximum absolute atomic E-state index is 12.5. The Morgan fingerprint density at radius 2 is 1.76 bits per heavy atom. The monoisotopic (exact) mass is 286 g/mol. The molecule has 2 heterocycles. The molecule has 2 aliphatic rings. The lowest BCUT2D eigenvalue weighted by Crippen LogP contribution is -2.73. The highest BCUT2D eigenvalue weighted by molar-refractivity contribution is 5.95. The Morgan fingerprint density at radius 3 is 2.29 bits per heavy atom. The van der Waals surface area contributed by atoms with Gasteiger partial charge >= 0.3 is 0 Å². The van der Waals surface area contributed by atoms with Crippen molar-refractivity contribution in [2.75, 3.05) is 26.2 Å². The van der Waals surface area contributed by atoms with E-state index < -0.39 is 0 Å². The predicted molar refractivity (Wildman–Crippen MR) is 81.1 cm³/mol. The Bertz CT molecular complexity index is 595. The minimum atomic E-state index is 0.118. The molecule has 1 aromatic carbocycles. The average Bonchev–Trinajstić information content (AvgIpc) is 2.34. The Labute approximate surface area is 125 Å². The van der Waals surface area contributed by atoms with Crippen LogP contribution in [0.1, 0.15) is 35.3 Å². The van der Waals surface area contributed by atoms with Crippen LogP contribution in [0.2, 0.25) is 0 Å². The minimum Gasteiger partial charge on any atom is -0.341 e. The van der Waals surface area contributed by atoms with Gasteiger partial charge in [-0.15, -0.1) is 0 Å². The molecule has 3 rings (SSSR count). The summed E-state index contributed by atoms with van der Waals surface area (Å²) in [5.74, 6) is 0.254. The van der Waals surface area contributed by atoms with E-state index in [-0.39, 0.29) is 17.2 Å². The van der Waals surface area contributed by atoms with Crippen LogP contribution in [0.5, 0.6) is 0 Å². The summed E-state index contributed by atoms with van der Waals surface area (Å²) in [5, 5.41) is 0. The summed E-state index contributed by atoms with van der Waals surface area (Å²) in [5.41, 5.74) is 3.44. The normalized spacial score (nSPS) is 19.2. The Morgan fingerprint density at radius 1 is 1.14 bits per heavy atom. The summed E-state index contributed by atoms with van der Waals surface area (Å²) in [6.45, 7) is 8.96. The summed E-state index contributed by atoms with van der Waals surface area (Å²) in [4.78, 5) is 27.5. The molecule has 2 fully saturated rings. The van der Waals surface area contributed by atoms with Crippen LogP contribution in [0.3, 0.4) is 0 Å². The second-order valence-corrected chi connectivity index (χ2v) is 6.53. The van der Waals surface area contributed by atoms with E-state index in [9.17, 15) is 9.59 Å². The van der Waals surface area contributed by atoms with Gasteiger partial charge in [-0.2, -0.15) is 0 Å². The number of carbonyl (C=O) groups is 2. The van der Waals surface area contributed by atoms with Gasteiger partial charge in [0.2, 0.25) is 5.91 Å². The number of hydrogen-bond donors (Lipinski definition) is 0. The molecule has 4 heteroatoms. The first-order valence-electron chi connectivity index (χ1n) is 7.58. The van der Waals surface area contributed by atoms with Crippen LogP contribution in [-0.4, -0.2) is 47.8 Å². The van der Waals surface area contributed by atoms with Crippen molar-refractivity contribution in [1.29, 1.82) is 0 Å². The highest BCUT2D eigenvalue weighted by atomic mass is 16.2. The van der Waals surface area contributed by atoms with Gasteiger partial charge < -0.3 is 9.80 Å². The third kappa shape index (κ3) is 2.33. The molecule has 2 amide bonds. The molecular weight excluding hydrogens is 264 g/mol. The summed E-state index contributed by atoms with van der Waals surface area (Å²) < 4.78 is 0. The molecular formula is C17H22N2O2. The molecule has 0 unspecified atom stereocenters. The molecule has 2 saturated heterocycles. The number of amides is 2. The van der Waals surface area contributed by atoms with Crippen molar-refractivity contribution < 1.29 is 9.59 Å². The molecule has 2 aliphatic heterocycles. The van der Waals surface area contributed by atoms with Crippen LogP contribution in [0, 0.1) is 12.3 Å². The van der Waals surface area contributed by atoms with Crippen LogP contribution in [0.4, 0.5) is 0 Å². The lowest BCUT2D eigenvalue weighted by atomic mass is 9.72. The molecule has 1 spiro atoms. The van der Waals surface area contributed by atoms with Gasteiger partial charge in [0.1, 0.15) is 0 Å². The van der Waals surface area contributed by atoms with Crippen molar-refractivity contribution in [2.24, 2.45) is 5.41 Å². The topological polar surface area (TPSA) is 40.6 Å². The molecule has 4 nitrogen and oxygen atoms in total. The predicted octanol–water partition coefficient (Wildman–Crippen LogP) is 1.86. The maximum Gasteiger partial charge on any atom is 0.253 e. The molecule has 112 valence electrons. The number of hydrogen-bond acceptors (Lipinski definition) is 2. The minimum absolute atomic E-state index is 0.118. The smallest absolute Gasteiger partial charge is 0.253 e. The van der Waals surface area contributed by atoms with Crippen LogP contribution in [-0.2, 0) is 11.2 Å². The number of benzene rings is 1. The highest BCUT2D eigenvalue weighted by Crippen LogP contribution is 2.40. The van der Waals surface area contributed by atoms with Gasteiger partial charge in [0, 0.05) is 44.1 Å². The first-order chi connectivity index (χ1) is 9.94. The third-order valence-electron chi connectivity index (χ3n) is 4.81. The van der Waals surface area contributed by atoms with Crippen LogP contribution in [0.15, 0.2) is 18.2 Å². The Balaban J connectivity index is 1.61. The summed E-state index contributed by atoms with van der Waals surface area (Å²) in [6.07, 6.45) is 0.994. The Hall–Kier alpha value is -1.84. The number of aryl methyl sites for hydroxylation is 2. The van der Waals surface area contributed by atoms with E-state index in [1.54, 1.807) is 6.92 Å². The molecule has 21 heavy (non-hydrogen) atoms. The number of carbonyl (C=O) groups excluding carboxylic acids is 2. The Kier molecular flexibility index (Phi) is 3.27. The quantitative estimate of drug-likeness (QED) is 0.832. The molecule has 0 aromatic heterocycles. The van der Waals surface area contributed by atoms with E-state index in [1.165, 1.54) is 11.1 Å². The van der Waals surface area contributed by atoms with Crippen LogP contribution >= 0.6 is 0 Å². The number of likely N-dealkylation sites (tertiary alicyclic amines) is 2. The van der Waals surface area contributed by atoms with Gasteiger partial charge in [0.05, 0.1) is 0 Å². The van der Waals surface area contributed by atoms with Crippen LogP contribution < -0.4 is 0 Å². The molecule has 0 saturated carbocycles. The number of rotatable bonds is 2. The summed E-state index contributed by atoms with van der Waals surface area (Å²) >= 11 is 0. The second-order valence-electron chi connectivity index (χ2n) is 6.53. The molecule has 0 atom stereocenters. The van der Waals surface area contributed by atoms with Crippen molar-refractivity contribution in [3.05, 3.63) is 34.9 Å². The zero-order valence-corrected chi connectivity index (χ0v) is 13.0. The summed E-state index contributed by atoms with van der Waals surface area (Å²) in [6, 6.07) is 5.98. The van der Waals surface area contributed by atoms with Crippen molar-refractivity contribution in [3.8, 4) is 0 Å². The lowest BCUT2D eigenvalue weighted by molar-refractivity contribution is -0.152. The van der Waals surface area contributed by atoms with E-state index in [2.05, 4.69) is 19.9 Å². The molecule has 0 radical (unpaired) electrons. The lowest BCUT2D eigenvalue weighted by Gasteiger charge is -2.60. The first kappa shape index (κ1) is 14.1. The largest absolute Gasteiger partial charge is 0.341 e. The highest BCUT2D eigenvalue weighted by Gasteiger charge is 2.53. The van der Waals surface area contributed by atoms with Gasteiger partial charge in [-0.05, 0) is 36.6 Å². The first-order valence-corrected chi connectivity index (χ1v) is 7.58. The fraction of sp³-hybridized carbons (Fsp3) is 0.529. The van der Waals surface area contributed by atoms with E-state index in [0.717, 1.165) is 38.2 Å². The number of nitrogens with zero attached hydrogens (tertiary/aromatic N) is 2. The summed E-state index contributed by atoms with van der Waals surface area (Å²) in [7, 11) is 0. The van der Waals surface area contributed by atoms with Crippen molar-refractivity contribution in [2.45, 2.75) is 27.2 Å². The SMILES string of the molecule is CCc1ccc(C(=O)N2CC3(CN(C(C)=O)C3)C2)cc1C. The van der Waals surface area contributed by atoms with E-state index >= 15 is 0 Å². The van der Waals surface area contributed by atoms with E-state index in [1.807, 2.05) is 21.9 Å². The van der Waals surface area contributed by atoms with Gasteiger partial charge in [0.15, 0.2) is 0 Å².